The summed E-state index contributed by atoms with van der Waals surface area (Å²) in [7, 11) is 0. The Hall–Kier alpha value is -1.10. The summed E-state index contributed by atoms with van der Waals surface area (Å²) in [6.07, 6.45) is 6.78. The Kier molecular flexibility index (Phi) is 5.57. The lowest BCUT2D eigenvalue weighted by Crippen LogP contribution is -2.46. The van der Waals surface area contributed by atoms with Crippen molar-refractivity contribution in [3.8, 4) is 0 Å². The van der Waals surface area contributed by atoms with Crippen molar-refractivity contribution < 1.29 is 4.79 Å². The Bertz CT molecular complexity index is 545. The van der Waals surface area contributed by atoms with Gasteiger partial charge >= 0.3 is 0 Å². The van der Waals surface area contributed by atoms with Gasteiger partial charge in [0.1, 0.15) is 6.17 Å². The van der Waals surface area contributed by atoms with Gasteiger partial charge in [-0.2, -0.15) is 0 Å². The van der Waals surface area contributed by atoms with Crippen LogP contribution in [0.1, 0.15) is 56.9 Å². The topological polar surface area (TPSA) is 53.2 Å². The van der Waals surface area contributed by atoms with Gasteiger partial charge in [0.05, 0.1) is 0 Å². The average molecular weight is 336 g/mol. The van der Waals surface area contributed by atoms with Crippen molar-refractivity contribution in [3.63, 3.8) is 0 Å². The molecule has 1 aliphatic heterocycles. The van der Waals surface area contributed by atoms with E-state index in [4.69, 9.17) is 11.6 Å². The van der Waals surface area contributed by atoms with Gasteiger partial charge in [0.2, 0.25) is 5.91 Å². The third-order valence-electron chi connectivity index (χ3n) is 5.17. The van der Waals surface area contributed by atoms with Crippen LogP contribution in [0.5, 0.6) is 0 Å². The summed E-state index contributed by atoms with van der Waals surface area (Å²) in [6, 6.07) is 8.12. The maximum Gasteiger partial charge on any atom is 0.221 e. The van der Waals surface area contributed by atoms with Crippen LogP contribution in [0.3, 0.4) is 0 Å². The molecule has 2 fully saturated rings. The Morgan fingerprint density at radius 3 is 2.83 bits per heavy atom. The van der Waals surface area contributed by atoms with Crippen LogP contribution in [-0.4, -0.2) is 18.1 Å². The van der Waals surface area contributed by atoms with Crippen LogP contribution in [0.25, 0.3) is 0 Å². The van der Waals surface area contributed by atoms with E-state index in [-0.39, 0.29) is 24.0 Å². The number of carbonyl (C=O) groups excluding carboxylic acids is 1. The van der Waals surface area contributed by atoms with Crippen LogP contribution in [-0.2, 0) is 4.79 Å². The SMILES string of the molecule is CC1NNC(NC(=O)CCC2CCCC2)C1c1cccc(Cl)c1. The largest absolute Gasteiger partial charge is 0.339 e. The van der Waals surface area contributed by atoms with Gasteiger partial charge in [-0.25, -0.2) is 5.43 Å². The molecule has 1 heterocycles. The highest BCUT2D eigenvalue weighted by molar-refractivity contribution is 6.30. The first-order chi connectivity index (χ1) is 11.1. The molecule has 4 nitrogen and oxygen atoms in total. The summed E-state index contributed by atoms with van der Waals surface area (Å²) in [5, 5.41) is 3.88. The first-order valence-corrected chi connectivity index (χ1v) is 9.07. The fourth-order valence-corrected chi connectivity index (χ4v) is 4.09. The lowest BCUT2D eigenvalue weighted by Gasteiger charge is -2.23. The first-order valence-electron chi connectivity index (χ1n) is 8.69. The van der Waals surface area contributed by atoms with E-state index in [1.54, 1.807) is 0 Å². The van der Waals surface area contributed by atoms with Crippen molar-refractivity contribution in [2.24, 2.45) is 5.92 Å². The molecule has 3 unspecified atom stereocenters. The van der Waals surface area contributed by atoms with Crippen molar-refractivity contribution in [1.29, 1.82) is 0 Å². The number of halogens is 1. The zero-order chi connectivity index (χ0) is 16.2. The molecule has 0 radical (unpaired) electrons. The average Bonchev–Trinajstić information content (AvgIpc) is 3.15. The summed E-state index contributed by atoms with van der Waals surface area (Å²) >= 11 is 6.12. The van der Waals surface area contributed by atoms with Gasteiger partial charge < -0.3 is 5.32 Å². The highest BCUT2D eigenvalue weighted by Gasteiger charge is 2.35. The molecule has 0 bridgehead atoms. The number of rotatable bonds is 5. The highest BCUT2D eigenvalue weighted by Crippen LogP contribution is 2.30. The number of hydrogen-bond acceptors (Lipinski definition) is 3. The molecule has 5 heteroatoms. The van der Waals surface area contributed by atoms with E-state index in [1.807, 2.05) is 18.2 Å². The van der Waals surface area contributed by atoms with E-state index in [2.05, 4.69) is 29.2 Å². The summed E-state index contributed by atoms with van der Waals surface area (Å²) < 4.78 is 0. The van der Waals surface area contributed by atoms with Crippen LogP contribution in [0.4, 0.5) is 0 Å². The maximum atomic E-state index is 12.3. The monoisotopic (exact) mass is 335 g/mol. The van der Waals surface area contributed by atoms with Crippen molar-refractivity contribution in [1.82, 2.24) is 16.2 Å². The molecule has 23 heavy (non-hydrogen) atoms. The fraction of sp³-hybridized carbons (Fsp3) is 0.611. The smallest absolute Gasteiger partial charge is 0.221 e. The Balaban J connectivity index is 1.58. The number of hydrogen-bond donors (Lipinski definition) is 3. The van der Waals surface area contributed by atoms with Gasteiger partial charge in [-0.15, -0.1) is 0 Å². The second-order valence-electron chi connectivity index (χ2n) is 6.89. The molecular formula is C18H26ClN3O. The van der Waals surface area contributed by atoms with Crippen LogP contribution < -0.4 is 16.2 Å². The zero-order valence-corrected chi connectivity index (χ0v) is 14.4. The molecule has 1 saturated carbocycles. The highest BCUT2D eigenvalue weighted by atomic mass is 35.5. The van der Waals surface area contributed by atoms with Crippen LogP contribution in [0, 0.1) is 5.92 Å². The molecule has 0 aromatic heterocycles. The van der Waals surface area contributed by atoms with Crippen molar-refractivity contribution in [2.75, 3.05) is 0 Å². The van der Waals surface area contributed by atoms with Crippen molar-refractivity contribution in [3.05, 3.63) is 34.9 Å². The summed E-state index contributed by atoms with van der Waals surface area (Å²) in [6.45, 7) is 2.11. The molecule has 1 aromatic carbocycles. The predicted molar refractivity (Wildman–Crippen MR) is 93.0 cm³/mol. The van der Waals surface area contributed by atoms with Crippen LogP contribution in [0.15, 0.2) is 24.3 Å². The summed E-state index contributed by atoms with van der Waals surface area (Å²) in [5.74, 6) is 1.06. The normalized spacial score (nSPS) is 28.2. The molecule has 126 valence electrons. The van der Waals surface area contributed by atoms with E-state index in [0.717, 1.165) is 22.9 Å². The van der Waals surface area contributed by atoms with Gasteiger partial charge in [0.25, 0.3) is 0 Å². The van der Waals surface area contributed by atoms with E-state index in [0.29, 0.717) is 6.42 Å². The van der Waals surface area contributed by atoms with Gasteiger partial charge in [0, 0.05) is 23.4 Å². The van der Waals surface area contributed by atoms with Gasteiger partial charge in [-0.3, -0.25) is 10.2 Å². The Morgan fingerprint density at radius 2 is 2.09 bits per heavy atom. The third-order valence-corrected chi connectivity index (χ3v) is 5.40. The number of hydrazine groups is 1. The fourth-order valence-electron chi connectivity index (χ4n) is 3.89. The molecule has 3 atom stereocenters. The minimum absolute atomic E-state index is 0.0976. The Labute approximate surface area is 143 Å². The molecule has 1 amide bonds. The van der Waals surface area contributed by atoms with E-state index >= 15 is 0 Å². The van der Waals surface area contributed by atoms with E-state index in [1.165, 1.54) is 25.7 Å². The standard InChI is InChI=1S/C18H26ClN3O/c1-12-17(14-7-4-8-15(19)11-14)18(22-21-12)20-16(23)10-9-13-5-2-3-6-13/h4,7-8,11-13,17-18,21-22H,2-3,5-6,9-10H2,1H3,(H,20,23). The minimum Gasteiger partial charge on any atom is -0.339 e. The second kappa shape index (κ2) is 7.65. The third kappa shape index (κ3) is 4.25. The Morgan fingerprint density at radius 1 is 1.30 bits per heavy atom. The van der Waals surface area contributed by atoms with Crippen LogP contribution in [0.2, 0.25) is 5.02 Å². The van der Waals surface area contributed by atoms with Crippen molar-refractivity contribution >= 4 is 17.5 Å². The molecule has 3 N–H and O–H groups in total. The second-order valence-corrected chi connectivity index (χ2v) is 7.33. The van der Waals surface area contributed by atoms with Crippen LogP contribution >= 0.6 is 11.6 Å². The predicted octanol–water partition coefficient (Wildman–Crippen LogP) is 3.33. The molecule has 1 saturated heterocycles. The number of carbonyl (C=O) groups is 1. The summed E-state index contributed by atoms with van der Waals surface area (Å²) in [4.78, 5) is 12.3. The quantitative estimate of drug-likeness (QED) is 0.773. The number of amides is 1. The van der Waals surface area contributed by atoms with Gasteiger partial charge in [0.15, 0.2) is 0 Å². The molecule has 0 spiro atoms. The number of benzene rings is 1. The molecular weight excluding hydrogens is 310 g/mol. The van der Waals surface area contributed by atoms with Crippen molar-refractivity contribution in [2.45, 2.75) is 63.6 Å². The molecule has 2 aliphatic rings. The molecule has 1 aromatic rings. The first kappa shape index (κ1) is 16.7. The summed E-state index contributed by atoms with van der Waals surface area (Å²) in [5.41, 5.74) is 7.58. The zero-order valence-electron chi connectivity index (χ0n) is 13.6. The van der Waals surface area contributed by atoms with Gasteiger partial charge in [-0.05, 0) is 37.0 Å². The minimum atomic E-state index is -0.0976. The van der Waals surface area contributed by atoms with E-state index in [9.17, 15) is 4.79 Å². The number of nitrogens with one attached hydrogen (secondary N) is 3. The van der Waals surface area contributed by atoms with Gasteiger partial charge in [-0.1, -0.05) is 49.4 Å². The lowest BCUT2D eigenvalue weighted by molar-refractivity contribution is -0.122. The molecule has 1 aliphatic carbocycles. The van der Waals surface area contributed by atoms with E-state index < -0.39 is 0 Å². The lowest BCUT2D eigenvalue weighted by atomic mass is 9.91. The maximum absolute atomic E-state index is 12.3. The molecule has 3 rings (SSSR count).